The first-order valence-corrected chi connectivity index (χ1v) is 18.9. The highest BCUT2D eigenvalue weighted by Crippen LogP contribution is 2.55. The second kappa shape index (κ2) is 11.6. The topological polar surface area (TPSA) is 217 Å². The summed E-state index contributed by atoms with van der Waals surface area (Å²) < 4.78 is 47.7. The molecule has 240 valence electrons. The maximum atomic E-state index is 16.1. The third-order valence-corrected chi connectivity index (χ3v) is 11.4. The molecule has 4 aromatic rings. The number of carbonyl (C=O) groups excluding carboxylic acids is 1. The molecule has 16 nitrogen and oxygen atoms in total. The van der Waals surface area contributed by atoms with Gasteiger partial charge in [-0.15, -0.1) is 5.10 Å². The van der Waals surface area contributed by atoms with Gasteiger partial charge in [0, 0.05) is 12.1 Å². The Labute approximate surface area is 264 Å². The normalized spacial score (nSPS) is 35.9. The van der Waals surface area contributed by atoms with Crippen LogP contribution in [0.5, 0.6) is 0 Å². The molecule has 3 fully saturated rings. The van der Waals surface area contributed by atoms with E-state index in [2.05, 4.69) is 20.3 Å². The van der Waals surface area contributed by atoms with Gasteiger partial charge in [-0.05, 0) is 54.2 Å². The second-order valence-corrected chi connectivity index (χ2v) is 16.6. The largest absolute Gasteiger partial charge is 0.397 e. The maximum absolute atomic E-state index is 16.1. The van der Waals surface area contributed by atoms with Crippen LogP contribution in [0.1, 0.15) is 29.0 Å². The van der Waals surface area contributed by atoms with Crippen LogP contribution in [0.4, 0.5) is 10.1 Å². The number of carbonyl (C=O) groups is 1. The predicted octanol–water partition coefficient (Wildman–Crippen LogP) is 1.85. The number of imidazole rings is 1. The Morgan fingerprint density at radius 1 is 1.07 bits per heavy atom. The molecule has 2 aliphatic heterocycles. The molecule has 7 rings (SSSR count). The van der Waals surface area contributed by atoms with Crippen molar-refractivity contribution in [2.75, 3.05) is 25.6 Å². The summed E-state index contributed by atoms with van der Waals surface area (Å²) in [5, 5.41) is 8.40. The van der Waals surface area contributed by atoms with Crippen molar-refractivity contribution >= 4 is 70.8 Å². The number of hydrogen-bond acceptors (Lipinski definition) is 13. The van der Waals surface area contributed by atoms with Crippen molar-refractivity contribution in [3.05, 3.63) is 42.4 Å². The summed E-state index contributed by atoms with van der Waals surface area (Å²) in [6.45, 7) is -8.50. The van der Waals surface area contributed by atoms with Gasteiger partial charge in [0.25, 0.3) is 5.91 Å². The van der Waals surface area contributed by atoms with Crippen LogP contribution in [0.2, 0.25) is 0 Å². The number of amides is 1. The van der Waals surface area contributed by atoms with E-state index in [1.165, 1.54) is 17.1 Å². The Hall–Kier alpha value is -2.54. The van der Waals surface area contributed by atoms with E-state index in [1.807, 2.05) is 0 Å². The fraction of sp³-hybridized carbons (Fsp3) is 0.458. The zero-order chi connectivity index (χ0) is 31.7. The number of benzene rings is 1. The van der Waals surface area contributed by atoms with Gasteiger partial charge in [-0.1, -0.05) is 11.3 Å². The summed E-state index contributed by atoms with van der Waals surface area (Å²) in [7, 11) is 0. The van der Waals surface area contributed by atoms with Gasteiger partial charge in [0.1, 0.15) is 23.2 Å². The van der Waals surface area contributed by atoms with Crippen molar-refractivity contribution in [2.45, 2.75) is 37.1 Å². The van der Waals surface area contributed by atoms with E-state index >= 15 is 4.39 Å². The average molecular weight is 701 g/mol. The van der Waals surface area contributed by atoms with Crippen molar-refractivity contribution in [3.63, 3.8) is 0 Å². The number of hydrogen-bond donors (Lipinski definition) is 4. The lowest BCUT2D eigenvalue weighted by molar-refractivity contribution is -0.0427. The second-order valence-electron chi connectivity index (χ2n) is 10.9. The fourth-order valence-electron chi connectivity index (χ4n) is 5.98. The molecule has 1 saturated carbocycles. The van der Waals surface area contributed by atoms with Crippen LogP contribution >= 0.6 is 13.4 Å². The first-order chi connectivity index (χ1) is 21.4. The third-order valence-electron chi connectivity index (χ3n) is 8.30. The molecule has 0 radical (unpaired) electrons. The fourth-order valence-corrected chi connectivity index (χ4v) is 8.60. The highest BCUT2D eigenvalue weighted by Gasteiger charge is 2.51. The average Bonchev–Trinajstić information content (AvgIpc) is 3.67. The molecular formula is C24H27FN8O8P2S2. The molecule has 2 unspecified atom stereocenters. The molecule has 1 aromatic carbocycles. The Kier molecular flexibility index (Phi) is 8.02. The molecule has 3 aliphatic rings. The summed E-state index contributed by atoms with van der Waals surface area (Å²) in [5.74, 6) is -1.26. The number of halogens is 1. The smallest absolute Gasteiger partial charge is 0.324 e. The minimum atomic E-state index is -4.03. The number of ether oxygens (including phenoxy) is 1. The number of aromatic nitrogens is 6. The predicted molar refractivity (Wildman–Crippen MR) is 163 cm³/mol. The van der Waals surface area contributed by atoms with E-state index in [4.69, 9.17) is 57.9 Å². The number of nitrogens with zero attached hydrogens (tertiary/aromatic N) is 6. The van der Waals surface area contributed by atoms with E-state index in [9.17, 15) is 14.6 Å². The van der Waals surface area contributed by atoms with Crippen LogP contribution in [0, 0.1) is 11.8 Å². The third kappa shape index (κ3) is 5.70. The van der Waals surface area contributed by atoms with Crippen molar-refractivity contribution in [1.82, 2.24) is 29.5 Å². The monoisotopic (exact) mass is 700 g/mol. The minimum Gasteiger partial charge on any atom is -0.397 e. The molecule has 1 aliphatic carbocycles. The zero-order valence-electron chi connectivity index (χ0n) is 23.1. The van der Waals surface area contributed by atoms with Crippen LogP contribution in [0.15, 0.2) is 36.8 Å². The quantitative estimate of drug-likeness (QED) is 0.224. The Morgan fingerprint density at radius 3 is 2.64 bits per heavy atom. The number of alkyl halides is 1. The Bertz CT molecular complexity index is 1900. The van der Waals surface area contributed by atoms with Crippen LogP contribution < -0.4 is 11.5 Å². The van der Waals surface area contributed by atoms with Crippen molar-refractivity contribution < 1.29 is 41.8 Å². The first-order valence-electron chi connectivity index (χ1n) is 13.7. The van der Waals surface area contributed by atoms with Crippen LogP contribution in [-0.2, 0) is 46.4 Å². The summed E-state index contributed by atoms with van der Waals surface area (Å²) >= 11 is 10.6. The van der Waals surface area contributed by atoms with Crippen molar-refractivity contribution in [2.24, 2.45) is 17.6 Å². The molecule has 0 spiro atoms. The summed E-state index contributed by atoms with van der Waals surface area (Å²) in [4.78, 5) is 42.3. The van der Waals surface area contributed by atoms with E-state index in [-0.39, 0.29) is 42.3 Å². The standard InChI is InChI=1S/C24H27FN8O8P2S2/c25-18-21-17(40-24(18)32-10-29-20-14(26)4-5-28-23(20)32)9-39-42(35,44)38-8-13-11(7-37-43(36,45)41-21)6-16(13)33-15-3-1-2-12(22(27)34)19(15)30-31-33/h1-5,10-11,13,16-18,21,24H,6-9H2,(H2,26,28)(H2,27,34)(H,35,44)(H,36,45)/t11-,13-,16-,17-,18-,21-,24-,42?,43?/m1/s1. The number of pyridine rings is 1. The SMILES string of the molecule is NC(=O)c1cccc2c1nnn2[C@@H]1C[C@@H]2COP(O)(=S)O[C@H]3[C@@H](F)[C@H](n4cnc5c(N)ccnc54)O[C@@H]3COP(O)(=S)OC[C@H]21. The van der Waals surface area contributed by atoms with Gasteiger partial charge in [-0.25, -0.2) is 19.0 Å². The summed E-state index contributed by atoms with van der Waals surface area (Å²) in [5.41, 5.74) is 13.6. The number of rotatable bonds is 3. The lowest BCUT2D eigenvalue weighted by Crippen LogP contribution is -2.43. The summed E-state index contributed by atoms with van der Waals surface area (Å²) in [6.07, 6.45) is -2.61. The number of nitrogens with two attached hydrogens (primary N) is 2. The molecule has 3 aromatic heterocycles. The lowest BCUT2D eigenvalue weighted by Gasteiger charge is -2.44. The molecule has 1 amide bonds. The molecule has 2 saturated heterocycles. The van der Waals surface area contributed by atoms with Gasteiger partial charge in [-0.2, -0.15) is 0 Å². The molecule has 5 heterocycles. The summed E-state index contributed by atoms with van der Waals surface area (Å²) in [6, 6.07) is 6.24. The number of anilines is 1. The van der Waals surface area contributed by atoms with Gasteiger partial charge < -0.3 is 39.6 Å². The maximum Gasteiger partial charge on any atom is 0.324 e. The van der Waals surface area contributed by atoms with Gasteiger partial charge in [-0.3, -0.25) is 13.9 Å². The number of primary amides is 1. The highest BCUT2D eigenvalue weighted by molar-refractivity contribution is 8.07. The molecule has 21 heteroatoms. The van der Waals surface area contributed by atoms with Gasteiger partial charge in [0.05, 0.1) is 49.0 Å². The molecular weight excluding hydrogens is 673 g/mol. The highest BCUT2D eigenvalue weighted by atomic mass is 32.5. The first kappa shape index (κ1) is 31.1. The molecule has 9 atom stereocenters. The Morgan fingerprint density at radius 2 is 1.84 bits per heavy atom. The van der Waals surface area contributed by atoms with Crippen LogP contribution in [0.25, 0.3) is 22.2 Å². The molecule has 6 N–H and O–H groups in total. The molecule has 45 heavy (non-hydrogen) atoms. The number of fused-ring (bicyclic) bond motifs is 4. The van der Waals surface area contributed by atoms with Gasteiger partial charge in [0.15, 0.2) is 18.0 Å². The zero-order valence-corrected chi connectivity index (χ0v) is 26.5. The van der Waals surface area contributed by atoms with E-state index < -0.39 is 50.6 Å². The van der Waals surface area contributed by atoms with Gasteiger partial charge >= 0.3 is 13.4 Å². The van der Waals surface area contributed by atoms with Crippen molar-refractivity contribution in [3.8, 4) is 0 Å². The van der Waals surface area contributed by atoms with Crippen LogP contribution in [0.3, 0.4) is 0 Å². The number of nitrogen functional groups attached to an aromatic ring is 1. The Balaban J connectivity index is 1.14. The van der Waals surface area contributed by atoms with E-state index in [1.54, 1.807) is 28.9 Å². The van der Waals surface area contributed by atoms with E-state index in [0.717, 1.165) is 0 Å². The lowest BCUT2D eigenvalue weighted by atomic mass is 9.70. The van der Waals surface area contributed by atoms with E-state index in [0.29, 0.717) is 28.7 Å². The molecule has 0 bridgehead atoms. The van der Waals surface area contributed by atoms with Crippen LogP contribution in [-0.4, -0.2) is 83.4 Å². The minimum absolute atomic E-state index is 0.0688. The van der Waals surface area contributed by atoms with Gasteiger partial charge in [0.2, 0.25) is 0 Å². The van der Waals surface area contributed by atoms with Crippen molar-refractivity contribution in [1.29, 1.82) is 0 Å².